The normalized spacial score (nSPS) is 27.6. The molecule has 1 saturated heterocycles. The highest BCUT2D eigenvalue weighted by molar-refractivity contribution is 7.91. The first-order valence-electron chi connectivity index (χ1n) is 6.60. The van der Waals surface area contributed by atoms with Crippen molar-refractivity contribution in [2.45, 2.75) is 31.3 Å². The summed E-state index contributed by atoms with van der Waals surface area (Å²) in [5.74, 6) is -0.223. The van der Waals surface area contributed by atoms with Crippen LogP contribution in [0.2, 0.25) is 0 Å². The van der Waals surface area contributed by atoms with E-state index in [1.165, 1.54) is 0 Å². The van der Waals surface area contributed by atoms with Gasteiger partial charge < -0.3 is 9.84 Å². The summed E-state index contributed by atoms with van der Waals surface area (Å²) in [6, 6.07) is -0.152. The van der Waals surface area contributed by atoms with Gasteiger partial charge in [-0.1, -0.05) is 0 Å². The molecule has 0 amide bonds. The zero-order chi connectivity index (χ0) is 14.0. The molecule has 1 aliphatic heterocycles. The topological polar surface area (TPSA) is 83.9 Å². The average molecular weight is 291 g/mol. The van der Waals surface area contributed by atoms with Gasteiger partial charge in [0.2, 0.25) is 0 Å². The molecule has 2 rings (SSSR count). The number of carbonyl (C=O) groups is 1. The Kier molecular flexibility index (Phi) is 4.47. The molecule has 1 heterocycles. The number of ether oxygens (including phenoxy) is 1. The second-order valence-electron chi connectivity index (χ2n) is 5.48. The minimum atomic E-state index is -3.01. The predicted octanol–water partition coefficient (Wildman–Crippen LogP) is -0.0149. The highest BCUT2D eigenvalue weighted by atomic mass is 32.2. The van der Waals surface area contributed by atoms with E-state index in [1.807, 2.05) is 4.90 Å². The van der Waals surface area contributed by atoms with Crippen LogP contribution in [0, 0.1) is 5.92 Å². The second kappa shape index (κ2) is 5.76. The fourth-order valence-electron chi connectivity index (χ4n) is 2.86. The van der Waals surface area contributed by atoms with Crippen LogP contribution in [-0.2, 0) is 19.4 Å². The van der Waals surface area contributed by atoms with Crippen molar-refractivity contribution in [3.05, 3.63) is 0 Å². The molecule has 0 aromatic rings. The summed E-state index contributed by atoms with van der Waals surface area (Å²) in [5, 5.41) is 9.06. The predicted molar refractivity (Wildman–Crippen MR) is 69.8 cm³/mol. The molecule has 1 aliphatic carbocycles. The van der Waals surface area contributed by atoms with Gasteiger partial charge in [-0.2, -0.15) is 0 Å². The number of methoxy groups -OCH3 is 1. The maximum Gasteiger partial charge on any atom is 0.317 e. The van der Waals surface area contributed by atoms with Crippen molar-refractivity contribution in [2.75, 3.05) is 31.8 Å². The molecule has 6 nitrogen and oxygen atoms in total. The van der Waals surface area contributed by atoms with Crippen molar-refractivity contribution in [1.82, 2.24) is 4.90 Å². The zero-order valence-corrected chi connectivity index (χ0v) is 11.9. The van der Waals surface area contributed by atoms with E-state index < -0.39 is 15.8 Å². The molecule has 0 aromatic carbocycles. The van der Waals surface area contributed by atoms with Crippen LogP contribution in [-0.4, -0.2) is 68.2 Å². The Labute approximate surface area is 113 Å². The van der Waals surface area contributed by atoms with E-state index >= 15 is 0 Å². The Morgan fingerprint density at radius 3 is 2.53 bits per heavy atom. The van der Waals surface area contributed by atoms with Gasteiger partial charge in [-0.15, -0.1) is 0 Å². The molecule has 1 saturated carbocycles. The monoisotopic (exact) mass is 291 g/mol. The average Bonchev–Trinajstić information content (AvgIpc) is 3.08. The third kappa shape index (κ3) is 3.90. The van der Waals surface area contributed by atoms with Gasteiger partial charge in [-0.25, -0.2) is 8.42 Å². The van der Waals surface area contributed by atoms with Crippen LogP contribution >= 0.6 is 0 Å². The maximum atomic E-state index is 11.6. The molecule has 2 atom stereocenters. The lowest BCUT2D eigenvalue weighted by Gasteiger charge is -2.34. The number of hydrogen-bond donors (Lipinski definition) is 1. The summed E-state index contributed by atoms with van der Waals surface area (Å²) >= 11 is 0. The number of sulfone groups is 1. The van der Waals surface area contributed by atoms with Crippen molar-refractivity contribution < 1.29 is 23.1 Å². The fraction of sp³-hybridized carbons (Fsp3) is 0.917. The van der Waals surface area contributed by atoms with Crippen molar-refractivity contribution in [3.8, 4) is 0 Å². The summed E-state index contributed by atoms with van der Waals surface area (Å²) in [7, 11) is -1.41. The van der Waals surface area contributed by atoms with Crippen molar-refractivity contribution in [2.24, 2.45) is 5.92 Å². The Bertz CT molecular complexity index is 431. The molecule has 110 valence electrons. The lowest BCUT2D eigenvalue weighted by atomic mass is 10.1. The summed E-state index contributed by atoms with van der Waals surface area (Å²) in [5.41, 5.74) is 0. The summed E-state index contributed by atoms with van der Waals surface area (Å²) in [4.78, 5) is 12.9. The van der Waals surface area contributed by atoms with Gasteiger partial charge in [-0.3, -0.25) is 9.69 Å². The molecule has 1 N–H and O–H groups in total. The molecule has 0 spiro atoms. The molecule has 2 fully saturated rings. The van der Waals surface area contributed by atoms with Crippen molar-refractivity contribution in [3.63, 3.8) is 0 Å². The summed E-state index contributed by atoms with van der Waals surface area (Å²) < 4.78 is 28.4. The Morgan fingerprint density at radius 1 is 1.42 bits per heavy atom. The lowest BCUT2D eigenvalue weighted by molar-refractivity contribution is -0.140. The van der Waals surface area contributed by atoms with E-state index in [2.05, 4.69) is 0 Å². The van der Waals surface area contributed by atoms with Gasteiger partial charge >= 0.3 is 5.97 Å². The number of carboxylic acid groups (broad SMARTS) is 1. The van der Waals surface area contributed by atoms with Crippen LogP contribution in [0.3, 0.4) is 0 Å². The highest BCUT2D eigenvalue weighted by Crippen LogP contribution is 2.37. The van der Waals surface area contributed by atoms with Gasteiger partial charge in [0.15, 0.2) is 9.84 Å². The van der Waals surface area contributed by atoms with Gasteiger partial charge in [0.05, 0.1) is 24.7 Å². The van der Waals surface area contributed by atoms with Gasteiger partial charge in [0.25, 0.3) is 0 Å². The zero-order valence-electron chi connectivity index (χ0n) is 11.1. The SMILES string of the molecule is COCC(C1CC1)N(CC(=O)O)C1CCS(=O)(=O)C1. The maximum absolute atomic E-state index is 11.6. The van der Waals surface area contributed by atoms with E-state index in [4.69, 9.17) is 9.84 Å². The number of rotatable bonds is 7. The molecule has 0 radical (unpaired) electrons. The van der Waals surface area contributed by atoms with Crippen LogP contribution in [0.1, 0.15) is 19.3 Å². The first-order chi connectivity index (χ1) is 8.93. The van der Waals surface area contributed by atoms with Gasteiger partial charge in [0.1, 0.15) is 0 Å². The molecule has 7 heteroatoms. The number of carboxylic acids is 1. The van der Waals surface area contributed by atoms with E-state index in [1.54, 1.807) is 7.11 Å². The minimum Gasteiger partial charge on any atom is -0.480 e. The van der Waals surface area contributed by atoms with Crippen LogP contribution in [0.5, 0.6) is 0 Å². The molecule has 0 aromatic heterocycles. The minimum absolute atomic E-state index is 0.0272. The Balaban J connectivity index is 2.12. The molecular weight excluding hydrogens is 270 g/mol. The fourth-order valence-corrected chi connectivity index (χ4v) is 4.61. The molecule has 0 bridgehead atoms. The Morgan fingerprint density at radius 2 is 2.11 bits per heavy atom. The lowest BCUT2D eigenvalue weighted by Crippen LogP contribution is -2.49. The third-order valence-corrected chi connectivity index (χ3v) is 5.68. The van der Waals surface area contributed by atoms with Crippen molar-refractivity contribution >= 4 is 15.8 Å². The standard InChI is InChI=1S/C12H21NO5S/c1-18-7-11(9-2-3-9)13(6-12(14)15)10-4-5-19(16,17)8-10/h9-11H,2-8H2,1H3,(H,14,15). The van der Waals surface area contributed by atoms with E-state index in [-0.39, 0.29) is 30.1 Å². The number of hydrogen-bond acceptors (Lipinski definition) is 5. The molecule has 2 aliphatic rings. The number of nitrogens with zero attached hydrogens (tertiary/aromatic N) is 1. The quantitative estimate of drug-likeness (QED) is 0.710. The van der Waals surface area contributed by atoms with E-state index in [9.17, 15) is 13.2 Å². The van der Waals surface area contributed by atoms with Crippen LogP contribution in [0.4, 0.5) is 0 Å². The highest BCUT2D eigenvalue weighted by Gasteiger charge is 2.42. The van der Waals surface area contributed by atoms with Crippen LogP contribution in [0.15, 0.2) is 0 Å². The largest absolute Gasteiger partial charge is 0.480 e. The first kappa shape index (κ1) is 14.7. The smallest absolute Gasteiger partial charge is 0.317 e. The Hall–Kier alpha value is -0.660. The van der Waals surface area contributed by atoms with Gasteiger partial charge in [0, 0.05) is 19.2 Å². The molecule has 19 heavy (non-hydrogen) atoms. The molecular formula is C12H21NO5S. The molecule has 2 unspecified atom stereocenters. The summed E-state index contributed by atoms with van der Waals surface area (Å²) in [6.45, 7) is 0.360. The van der Waals surface area contributed by atoms with E-state index in [0.717, 1.165) is 12.8 Å². The first-order valence-corrected chi connectivity index (χ1v) is 8.42. The third-order valence-electron chi connectivity index (χ3n) is 3.92. The second-order valence-corrected chi connectivity index (χ2v) is 7.71. The van der Waals surface area contributed by atoms with Crippen LogP contribution in [0.25, 0.3) is 0 Å². The van der Waals surface area contributed by atoms with Crippen LogP contribution < -0.4 is 0 Å². The van der Waals surface area contributed by atoms with Gasteiger partial charge in [-0.05, 0) is 25.2 Å². The number of aliphatic carboxylic acids is 1. The van der Waals surface area contributed by atoms with E-state index in [0.29, 0.717) is 18.9 Å². The van der Waals surface area contributed by atoms with Crippen molar-refractivity contribution in [1.29, 1.82) is 0 Å². The summed E-state index contributed by atoms with van der Waals surface area (Å²) in [6.07, 6.45) is 2.68.